The Labute approximate surface area is 192 Å². The third-order valence-corrected chi connectivity index (χ3v) is 6.67. The minimum atomic E-state index is -4.65. The smallest absolute Gasteiger partial charge is 0.409 e. The summed E-state index contributed by atoms with van der Waals surface area (Å²) in [6, 6.07) is 9.87. The maximum Gasteiger partial charge on any atom is 0.409 e. The van der Waals surface area contributed by atoms with Gasteiger partial charge in [-0.05, 0) is 60.6 Å². The van der Waals surface area contributed by atoms with Crippen LogP contribution in [0, 0.1) is 23.5 Å². The summed E-state index contributed by atoms with van der Waals surface area (Å²) in [7, 11) is 0. The van der Waals surface area contributed by atoms with Gasteiger partial charge in [0.25, 0.3) is 0 Å². The van der Waals surface area contributed by atoms with E-state index in [0.717, 1.165) is 29.5 Å². The van der Waals surface area contributed by atoms with Crippen molar-refractivity contribution in [3.05, 3.63) is 70.8 Å². The molecule has 0 bridgehead atoms. The van der Waals surface area contributed by atoms with Crippen LogP contribution in [0.4, 0.5) is 22.0 Å². The largest absolute Gasteiger partial charge is 0.489 e. The van der Waals surface area contributed by atoms with E-state index in [4.69, 9.17) is 4.74 Å². The highest BCUT2D eigenvalue weighted by Gasteiger charge is 2.26. The first-order valence-corrected chi connectivity index (χ1v) is 11.6. The molecule has 3 rings (SSSR count). The number of allylic oxidation sites excluding steroid dienone is 1. The lowest BCUT2D eigenvalue weighted by atomic mass is 9.73. The van der Waals surface area contributed by atoms with E-state index in [0.29, 0.717) is 12.0 Å². The summed E-state index contributed by atoms with van der Waals surface area (Å²) >= 11 is 0. The number of ether oxygens (including phenoxy) is 1. The molecule has 1 aliphatic rings. The van der Waals surface area contributed by atoms with E-state index in [1.54, 1.807) is 0 Å². The van der Waals surface area contributed by atoms with Crippen LogP contribution in [-0.4, -0.2) is 6.18 Å². The molecular formula is C27H31F5O. The highest BCUT2D eigenvalue weighted by atomic mass is 19.4. The monoisotopic (exact) mass is 466 g/mol. The van der Waals surface area contributed by atoms with Crippen molar-refractivity contribution in [1.82, 2.24) is 0 Å². The van der Waals surface area contributed by atoms with Gasteiger partial charge in [0.2, 0.25) is 0 Å². The SMILES string of the molecule is CCCC(C)C1CCC(c2ccc(COc3cc(F)c(/C=C/C(F)(F)F)c(F)c3)cc2)CC1. The van der Waals surface area contributed by atoms with Crippen molar-refractivity contribution in [1.29, 1.82) is 0 Å². The van der Waals surface area contributed by atoms with Crippen LogP contribution in [-0.2, 0) is 6.61 Å². The van der Waals surface area contributed by atoms with E-state index in [2.05, 4.69) is 26.0 Å². The molecule has 0 aliphatic heterocycles. The zero-order valence-corrected chi connectivity index (χ0v) is 19.1. The first kappa shape index (κ1) is 25.3. The number of hydrogen-bond acceptors (Lipinski definition) is 1. The average Bonchev–Trinajstić information content (AvgIpc) is 2.77. The quantitative estimate of drug-likeness (QED) is 0.353. The second-order valence-electron chi connectivity index (χ2n) is 9.08. The summed E-state index contributed by atoms with van der Waals surface area (Å²) in [4.78, 5) is 0. The Bertz CT molecular complexity index is 902. The van der Waals surface area contributed by atoms with Gasteiger partial charge in [0.05, 0.1) is 0 Å². The Morgan fingerprint density at radius 1 is 1.00 bits per heavy atom. The number of hydrogen-bond donors (Lipinski definition) is 0. The molecule has 6 heteroatoms. The lowest BCUT2D eigenvalue weighted by molar-refractivity contribution is -0.0790. The number of benzene rings is 2. The number of halogens is 5. The van der Waals surface area contributed by atoms with Gasteiger partial charge in [0, 0.05) is 23.8 Å². The predicted molar refractivity (Wildman–Crippen MR) is 121 cm³/mol. The van der Waals surface area contributed by atoms with Gasteiger partial charge in [-0.15, -0.1) is 0 Å². The lowest BCUT2D eigenvalue weighted by Gasteiger charge is -2.32. The summed E-state index contributed by atoms with van der Waals surface area (Å²) in [5, 5.41) is 0. The second-order valence-corrected chi connectivity index (χ2v) is 9.08. The third kappa shape index (κ3) is 7.31. The van der Waals surface area contributed by atoms with Crippen LogP contribution < -0.4 is 4.74 Å². The van der Waals surface area contributed by atoms with Crippen LogP contribution in [0.2, 0.25) is 0 Å². The molecule has 1 saturated carbocycles. The van der Waals surface area contributed by atoms with Gasteiger partial charge in [-0.2, -0.15) is 13.2 Å². The van der Waals surface area contributed by atoms with E-state index in [1.165, 1.54) is 44.1 Å². The molecule has 1 fully saturated rings. The van der Waals surface area contributed by atoms with Gasteiger partial charge in [0.15, 0.2) is 0 Å². The fourth-order valence-corrected chi connectivity index (χ4v) is 4.75. The first-order valence-electron chi connectivity index (χ1n) is 11.6. The molecule has 1 nitrogen and oxygen atoms in total. The molecule has 1 unspecified atom stereocenters. The highest BCUT2D eigenvalue weighted by molar-refractivity contribution is 5.53. The fraction of sp³-hybridized carbons (Fsp3) is 0.481. The fourth-order valence-electron chi connectivity index (χ4n) is 4.75. The van der Waals surface area contributed by atoms with Crippen LogP contribution in [0.1, 0.15) is 75.0 Å². The Hall–Kier alpha value is -2.37. The maximum atomic E-state index is 14.1. The predicted octanol–water partition coefficient (Wildman–Crippen LogP) is 8.83. The molecule has 2 aromatic carbocycles. The molecule has 1 atom stereocenters. The van der Waals surface area contributed by atoms with Gasteiger partial charge in [-0.3, -0.25) is 0 Å². The van der Waals surface area contributed by atoms with E-state index < -0.39 is 23.4 Å². The van der Waals surface area contributed by atoms with E-state index in [-0.39, 0.29) is 18.4 Å². The highest BCUT2D eigenvalue weighted by Crippen LogP contribution is 2.39. The Morgan fingerprint density at radius 3 is 2.15 bits per heavy atom. The molecule has 0 spiro atoms. The van der Waals surface area contributed by atoms with E-state index in [9.17, 15) is 22.0 Å². The molecule has 1 aliphatic carbocycles. The summed E-state index contributed by atoms with van der Waals surface area (Å²) in [6.07, 6.45) is 3.00. The maximum absolute atomic E-state index is 14.1. The Morgan fingerprint density at radius 2 is 1.61 bits per heavy atom. The van der Waals surface area contributed by atoms with Crippen molar-refractivity contribution in [2.45, 2.75) is 71.1 Å². The topological polar surface area (TPSA) is 9.23 Å². The molecule has 0 aromatic heterocycles. The van der Waals surface area contributed by atoms with Gasteiger partial charge < -0.3 is 4.74 Å². The minimum Gasteiger partial charge on any atom is -0.489 e. The zero-order valence-electron chi connectivity index (χ0n) is 19.1. The van der Waals surface area contributed by atoms with Gasteiger partial charge in [0.1, 0.15) is 24.0 Å². The molecule has 33 heavy (non-hydrogen) atoms. The number of rotatable bonds is 8. The molecule has 0 N–H and O–H groups in total. The van der Waals surface area contributed by atoms with Crippen LogP contribution in [0.5, 0.6) is 5.75 Å². The summed E-state index contributed by atoms with van der Waals surface area (Å²) in [5.41, 5.74) is 1.41. The molecule has 2 aromatic rings. The van der Waals surface area contributed by atoms with Crippen molar-refractivity contribution < 1.29 is 26.7 Å². The molecule has 0 amide bonds. The van der Waals surface area contributed by atoms with E-state index >= 15 is 0 Å². The molecule has 0 radical (unpaired) electrons. The van der Waals surface area contributed by atoms with Crippen LogP contribution in [0.25, 0.3) is 6.08 Å². The first-order chi connectivity index (χ1) is 15.7. The summed E-state index contributed by atoms with van der Waals surface area (Å²) in [6.45, 7) is 4.72. The van der Waals surface area contributed by atoms with Crippen LogP contribution in [0.3, 0.4) is 0 Å². The van der Waals surface area contributed by atoms with Gasteiger partial charge in [-0.25, -0.2) is 8.78 Å². The Kier molecular flexibility index (Phi) is 8.55. The standard InChI is InChI=1S/C27H31F5O/c1-3-4-18(2)20-9-11-22(12-10-20)21-7-5-19(6-8-21)17-33-23-15-25(28)24(26(29)16-23)13-14-27(30,31)32/h5-8,13-16,18,20,22H,3-4,9-12,17H2,1-2H3/b14-13+. The Balaban J connectivity index is 1.55. The van der Waals surface area contributed by atoms with Gasteiger partial charge in [-0.1, -0.05) is 51.0 Å². The molecule has 180 valence electrons. The van der Waals surface area contributed by atoms with Gasteiger partial charge >= 0.3 is 6.18 Å². The van der Waals surface area contributed by atoms with Crippen molar-refractivity contribution in [3.63, 3.8) is 0 Å². The lowest BCUT2D eigenvalue weighted by Crippen LogP contribution is -2.19. The van der Waals surface area contributed by atoms with Crippen molar-refractivity contribution in [2.75, 3.05) is 0 Å². The average molecular weight is 467 g/mol. The normalized spacial score (nSPS) is 20.2. The van der Waals surface area contributed by atoms with Crippen LogP contribution >= 0.6 is 0 Å². The molecule has 0 saturated heterocycles. The number of alkyl halides is 3. The third-order valence-electron chi connectivity index (χ3n) is 6.67. The van der Waals surface area contributed by atoms with Crippen molar-refractivity contribution in [3.8, 4) is 5.75 Å². The zero-order chi connectivity index (χ0) is 24.0. The molecule has 0 heterocycles. The minimum absolute atomic E-state index is 0.0715. The second kappa shape index (κ2) is 11.2. The van der Waals surface area contributed by atoms with Crippen molar-refractivity contribution in [2.24, 2.45) is 11.8 Å². The molecular weight excluding hydrogens is 435 g/mol. The van der Waals surface area contributed by atoms with E-state index in [1.807, 2.05) is 12.1 Å². The summed E-state index contributed by atoms with van der Waals surface area (Å²) in [5.74, 6) is -0.109. The van der Waals surface area contributed by atoms with Crippen LogP contribution in [0.15, 0.2) is 42.5 Å². The summed E-state index contributed by atoms with van der Waals surface area (Å²) < 4.78 is 70.4. The van der Waals surface area contributed by atoms with Crippen molar-refractivity contribution >= 4 is 6.08 Å².